The van der Waals surface area contributed by atoms with Crippen LogP contribution >= 0.6 is 0 Å². The minimum absolute atomic E-state index is 0.0372. The van der Waals surface area contributed by atoms with Crippen LogP contribution in [0, 0.1) is 0 Å². The highest BCUT2D eigenvalue weighted by Crippen LogP contribution is 2.42. The minimum atomic E-state index is 0.0372. The molecule has 2 N–H and O–H groups in total. The summed E-state index contributed by atoms with van der Waals surface area (Å²) in [4.78, 5) is 4.89. The van der Waals surface area contributed by atoms with E-state index in [1.165, 1.54) is 50.8 Å². The van der Waals surface area contributed by atoms with Gasteiger partial charge >= 0.3 is 0 Å². The molecule has 20 heavy (non-hydrogen) atoms. The summed E-state index contributed by atoms with van der Waals surface area (Å²) in [5, 5.41) is 0. The predicted octanol–water partition coefficient (Wildman–Crippen LogP) is 4.61. The van der Waals surface area contributed by atoms with Gasteiger partial charge in [0.1, 0.15) is 11.6 Å². The molecule has 0 aromatic carbocycles. The van der Waals surface area contributed by atoms with Crippen molar-refractivity contribution in [2.45, 2.75) is 90.5 Å². The molecule has 114 valence electrons. The van der Waals surface area contributed by atoms with Crippen LogP contribution in [-0.2, 0) is 12.0 Å². The van der Waals surface area contributed by atoms with E-state index in [0.29, 0.717) is 5.92 Å². The third-order valence-corrected chi connectivity index (χ3v) is 4.15. The van der Waals surface area contributed by atoms with E-state index in [1.807, 2.05) is 0 Å². The summed E-state index contributed by atoms with van der Waals surface area (Å²) >= 11 is 0. The van der Waals surface area contributed by atoms with Gasteiger partial charge in [-0.15, -0.1) is 0 Å². The van der Waals surface area contributed by atoms with E-state index in [9.17, 15) is 0 Å². The van der Waals surface area contributed by atoms with Gasteiger partial charge in [-0.3, -0.25) is 0 Å². The normalized spacial score (nSPS) is 15.8. The number of aromatic nitrogens is 2. The van der Waals surface area contributed by atoms with E-state index < -0.39 is 0 Å². The van der Waals surface area contributed by atoms with Gasteiger partial charge < -0.3 is 10.3 Å². The average Bonchev–Trinajstić information content (AvgIpc) is 3.13. The smallest absolute Gasteiger partial charge is 0.127 e. The number of anilines is 1. The molecule has 1 saturated carbocycles. The Labute approximate surface area is 124 Å². The van der Waals surface area contributed by atoms with E-state index in [4.69, 9.17) is 10.7 Å². The lowest BCUT2D eigenvalue weighted by Crippen LogP contribution is -2.25. The maximum Gasteiger partial charge on any atom is 0.127 e. The molecule has 1 heterocycles. The van der Waals surface area contributed by atoms with Crippen LogP contribution in [0.2, 0.25) is 0 Å². The maximum absolute atomic E-state index is 6.40. The molecule has 1 fully saturated rings. The first kappa shape index (κ1) is 15.4. The van der Waals surface area contributed by atoms with Crippen molar-refractivity contribution in [3.63, 3.8) is 0 Å². The van der Waals surface area contributed by atoms with Crippen molar-refractivity contribution < 1.29 is 0 Å². The summed E-state index contributed by atoms with van der Waals surface area (Å²) in [6, 6.07) is 0. The lowest BCUT2D eigenvalue weighted by atomic mass is 10.1. The third-order valence-electron chi connectivity index (χ3n) is 4.15. The topological polar surface area (TPSA) is 43.8 Å². The van der Waals surface area contributed by atoms with Crippen LogP contribution in [0.4, 0.5) is 5.82 Å². The fourth-order valence-corrected chi connectivity index (χ4v) is 2.90. The second-order valence-electron chi connectivity index (χ2n) is 7.25. The van der Waals surface area contributed by atoms with Crippen LogP contribution < -0.4 is 5.73 Å². The second-order valence-corrected chi connectivity index (χ2v) is 7.25. The molecule has 3 heteroatoms. The van der Waals surface area contributed by atoms with Gasteiger partial charge in [-0.1, -0.05) is 32.6 Å². The van der Waals surface area contributed by atoms with Gasteiger partial charge in [0, 0.05) is 11.5 Å². The van der Waals surface area contributed by atoms with Gasteiger partial charge in [0.2, 0.25) is 0 Å². The fraction of sp³-hybridized carbons (Fsp3) is 0.824. The van der Waals surface area contributed by atoms with E-state index in [-0.39, 0.29) is 5.54 Å². The van der Waals surface area contributed by atoms with Crippen molar-refractivity contribution in [3.05, 3.63) is 11.5 Å². The molecule has 1 aromatic rings. The zero-order valence-corrected chi connectivity index (χ0v) is 13.7. The molecular weight excluding hydrogens is 246 g/mol. The van der Waals surface area contributed by atoms with E-state index >= 15 is 0 Å². The summed E-state index contributed by atoms with van der Waals surface area (Å²) in [7, 11) is 0. The largest absolute Gasteiger partial charge is 0.384 e. The van der Waals surface area contributed by atoms with Crippen molar-refractivity contribution in [1.29, 1.82) is 0 Å². The summed E-state index contributed by atoms with van der Waals surface area (Å²) in [6.45, 7) is 8.93. The number of nitrogens with zero attached hydrogens (tertiary/aromatic N) is 2. The van der Waals surface area contributed by atoms with Gasteiger partial charge in [0.05, 0.1) is 5.69 Å². The van der Waals surface area contributed by atoms with E-state index in [1.54, 1.807) is 0 Å². The Kier molecular flexibility index (Phi) is 4.77. The molecule has 0 amide bonds. The Bertz CT molecular complexity index is 436. The van der Waals surface area contributed by atoms with Gasteiger partial charge in [0.25, 0.3) is 0 Å². The highest BCUT2D eigenvalue weighted by atomic mass is 15.2. The summed E-state index contributed by atoms with van der Waals surface area (Å²) in [5.74, 6) is 2.80. The first-order valence-corrected chi connectivity index (χ1v) is 8.32. The number of imidazole rings is 1. The summed E-state index contributed by atoms with van der Waals surface area (Å²) < 4.78 is 2.28. The Hall–Kier alpha value is -0.990. The first-order chi connectivity index (χ1) is 9.45. The molecule has 0 saturated heterocycles. The Morgan fingerprint density at radius 1 is 1.15 bits per heavy atom. The van der Waals surface area contributed by atoms with Crippen LogP contribution in [0.1, 0.15) is 90.1 Å². The SMILES string of the molecule is CCCCCCCc1nc(C2CC2)n(C(C)(C)C)c1N. The number of hydrogen-bond donors (Lipinski definition) is 1. The number of nitrogens with two attached hydrogens (primary N) is 1. The van der Waals surface area contributed by atoms with Crippen LogP contribution in [0.15, 0.2) is 0 Å². The molecule has 3 nitrogen and oxygen atoms in total. The average molecular weight is 277 g/mol. The van der Waals surface area contributed by atoms with Gasteiger partial charge in [0.15, 0.2) is 0 Å². The molecule has 0 bridgehead atoms. The molecule has 1 aliphatic carbocycles. The van der Waals surface area contributed by atoms with Crippen LogP contribution in [0.3, 0.4) is 0 Å². The zero-order valence-electron chi connectivity index (χ0n) is 13.7. The lowest BCUT2D eigenvalue weighted by molar-refractivity contribution is 0.388. The number of rotatable bonds is 7. The maximum atomic E-state index is 6.40. The van der Waals surface area contributed by atoms with Crippen molar-refractivity contribution in [2.24, 2.45) is 0 Å². The molecule has 2 rings (SSSR count). The van der Waals surface area contributed by atoms with Gasteiger partial charge in [-0.05, 0) is 46.5 Å². The second kappa shape index (κ2) is 6.19. The summed E-state index contributed by atoms with van der Waals surface area (Å²) in [5.41, 5.74) is 7.57. The first-order valence-electron chi connectivity index (χ1n) is 8.32. The van der Waals surface area contributed by atoms with Crippen LogP contribution in [0.5, 0.6) is 0 Å². The molecule has 0 unspecified atom stereocenters. The van der Waals surface area contributed by atoms with Gasteiger partial charge in [-0.2, -0.15) is 0 Å². The number of nitrogen functional groups attached to an aromatic ring is 1. The Morgan fingerprint density at radius 3 is 2.35 bits per heavy atom. The van der Waals surface area contributed by atoms with E-state index in [0.717, 1.165) is 17.9 Å². The Balaban J connectivity index is 2.06. The zero-order chi connectivity index (χ0) is 14.8. The minimum Gasteiger partial charge on any atom is -0.384 e. The fourth-order valence-electron chi connectivity index (χ4n) is 2.90. The number of unbranched alkanes of at least 4 members (excludes halogenated alkanes) is 4. The standard InChI is InChI=1S/C17H31N3/c1-5-6-7-8-9-10-14-15(18)20(17(2,3)4)16(19-14)13-11-12-13/h13H,5-12,18H2,1-4H3. The number of hydrogen-bond acceptors (Lipinski definition) is 2. The third kappa shape index (κ3) is 3.56. The highest BCUT2D eigenvalue weighted by molar-refractivity contribution is 5.41. The summed E-state index contributed by atoms with van der Waals surface area (Å²) in [6.07, 6.45) is 10.1. The van der Waals surface area contributed by atoms with Crippen molar-refractivity contribution in [2.75, 3.05) is 5.73 Å². The lowest BCUT2D eigenvalue weighted by Gasteiger charge is -2.25. The number of aryl methyl sites for hydroxylation is 1. The van der Waals surface area contributed by atoms with E-state index in [2.05, 4.69) is 32.3 Å². The Morgan fingerprint density at radius 2 is 1.80 bits per heavy atom. The monoisotopic (exact) mass is 277 g/mol. The molecule has 0 atom stereocenters. The molecule has 1 aromatic heterocycles. The van der Waals surface area contributed by atoms with Crippen LogP contribution in [0.25, 0.3) is 0 Å². The molecule has 0 radical (unpaired) electrons. The predicted molar refractivity (Wildman–Crippen MR) is 86.1 cm³/mol. The molecular formula is C17H31N3. The molecule has 0 aliphatic heterocycles. The molecule has 1 aliphatic rings. The van der Waals surface area contributed by atoms with Crippen LogP contribution in [-0.4, -0.2) is 9.55 Å². The van der Waals surface area contributed by atoms with Crippen molar-refractivity contribution in [1.82, 2.24) is 9.55 Å². The molecule has 0 spiro atoms. The van der Waals surface area contributed by atoms with Crippen molar-refractivity contribution >= 4 is 5.82 Å². The van der Waals surface area contributed by atoms with Crippen molar-refractivity contribution in [3.8, 4) is 0 Å². The van der Waals surface area contributed by atoms with Gasteiger partial charge in [-0.25, -0.2) is 4.98 Å². The quantitative estimate of drug-likeness (QED) is 0.740. The highest BCUT2D eigenvalue weighted by Gasteiger charge is 2.33.